The zero-order valence-corrected chi connectivity index (χ0v) is 12.9. The van der Waals surface area contributed by atoms with Crippen LogP contribution in [0.25, 0.3) is 0 Å². The van der Waals surface area contributed by atoms with Gasteiger partial charge in [0.15, 0.2) is 0 Å². The standard InChI is InChI=1S/C11H24Cl2Si/c12-9-6-4-2-1-3-5-7-11(13)8-10-14/h11H,1-10H2,14H3. The monoisotopic (exact) mass is 254 g/mol. The number of alkyl halides is 2. The van der Waals surface area contributed by atoms with Gasteiger partial charge in [0.2, 0.25) is 0 Å². The lowest BCUT2D eigenvalue weighted by atomic mass is 10.1. The Morgan fingerprint density at radius 2 is 1.43 bits per heavy atom. The first-order chi connectivity index (χ1) is 6.81. The lowest BCUT2D eigenvalue weighted by molar-refractivity contribution is 0.576. The van der Waals surface area contributed by atoms with Crippen LogP contribution in [0.2, 0.25) is 6.04 Å². The molecule has 0 rings (SSSR count). The third-order valence-electron chi connectivity index (χ3n) is 2.50. The van der Waals surface area contributed by atoms with Crippen LogP contribution >= 0.6 is 23.2 Å². The van der Waals surface area contributed by atoms with E-state index in [-0.39, 0.29) is 0 Å². The molecule has 0 aromatic rings. The third kappa shape index (κ3) is 10.9. The minimum atomic E-state index is 0.454. The van der Waals surface area contributed by atoms with Gasteiger partial charge in [-0.2, -0.15) is 0 Å². The molecule has 0 aliphatic heterocycles. The zero-order chi connectivity index (χ0) is 10.6. The molecule has 86 valence electrons. The number of halogens is 2. The average molecular weight is 255 g/mol. The molecule has 0 saturated heterocycles. The van der Waals surface area contributed by atoms with E-state index in [9.17, 15) is 0 Å². The largest absolute Gasteiger partial charge is 0.127 e. The van der Waals surface area contributed by atoms with E-state index in [0.29, 0.717) is 5.38 Å². The normalized spacial score (nSPS) is 13.3. The molecule has 0 fully saturated rings. The summed E-state index contributed by atoms with van der Waals surface area (Å²) in [6.07, 6.45) is 10.3. The number of hydrogen-bond acceptors (Lipinski definition) is 0. The summed E-state index contributed by atoms with van der Waals surface area (Å²) in [7, 11) is 1.30. The molecule has 0 amide bonds. The number of unbranched alkanes of at least 4 members (excludes halogenated alkanes) is 5. The van der Waals surface area contributed by atoms with Crippen LogP contribution < -0.4 is 0 Å². The van der Waals surface area contributed by atoms with Gasteiger partial charge in [-0.15, -0.1) is 23.2 Å². The first-order valence-electron chi connectivity index (χ1n) is 6.01. The second kappa shape index (κ2) is 11.9. The van der Waals surface area contributed by atoms with Gasteiger partial charge in [0.05, 0.1) is 0 Å². The topological polar surface area (TPSA) is 0 Å². The van der Waals surface area contributed by atoms with E-state index < -0.39 is 0 Å². The average Bonchev–Trinajstić information content (AvgIpc) is 2.17. The lowest BCUT2D eigenvalue weighted by Crippen LogP contribution is -1.97. The quantitative estimate of drug-likeness (QED) is 0.317. The molecule has 3 heteroatoms. The van der Waals surface area contributed by atoms with Gasteiger partial charge in [0.1, 0.15) is 0 Å². The van der Waals surface area contributed by atoms with E-state index in [1.54, 1.807) is 0 Å². The number of hydrogen-bond donors (Lipinski definition) is 0. The van der Waals surface area contributed by atoms with Crippen LogP contribution in [0.15, 0.2) is 0 Å². The van der Waals surface area contributed by atoms with Crippen LogP contribution in [0.1, 0.15) is 51.4 Å². The van der Waals surface area contributed by atoms with Crippen molar-refractivity contribution in [2.75, 3.05) is 5.88 Å². The smallest absolute Gasteiger partial charge is 0.0333 e. The predicted octanol–water partition coefficient (Wildman–Crippen LogP) is 3.74. The second-order valence-electron chi connectivity index (χ2n) is 3.98. The fourth-order valence-corrected chi connectivity index (χ4v) is 3.25. The van der Waals surface area contributed by atoms with E-state index in [0.717, 1.165) is 5.88 Å². The van der Waals surface area contributed by atoms with Crippen LogP contribution in [0, 0.1) is 0 Å². The van der Waals surface area contributed by atoms with Crippen molar-refractivity contribution in [1.29, 1.82) is 0 Å². The minimum absolute atomic E-state index is 0.454. The summed E-state index contributed by atoms with van der Waals surface area (Å²) in [5.41, 5.74) is 0. The first kappa shape index (κ1) is 14.8. The maximum atomic E-state index is 6.15. The van der Waals surface area contributed by atoms with Gasteiger partial charge < -0.3 is 0 Å². The van der Waals surface area contributed by atoms with Crippen molar-refractivity contribution in [3.05, 3.63) is 0 Å². The Balaban J connectivity index is 2.98. The Bertz CT molecular complexity index is 109. The predicted molar refractivity (Wildman–Crippen MR) is 72.0 cm³/mol. The molecule has 0 saturated carbocycles. The molecule has 0 spiro atoms. The minimum Gasteiger partial charge on any atom is -0.127 e. The molecule has 0 aromatic heterocycles. The summed E-state index contributed by atoms with van der Waals surface area (Å²) in [5, 5.41) is 0.454. The maximum Gasteiger partial charge on any atom is 0.0333 e. The Hall–Kier alpha value is 0.797. The highest BCUT2D eigenvalue weighted by Crippen LogP contribution is 2.15. The summed E-state index contributed by atoms with van der Waals surface area (Å²) in [5.74, 6) is 0.824. The van der Waals surface area contributed by atoms with Crippen LogP contribution in [0.3, 0.4) is 0 Å². The summed E-state index contributed by atoms with van der Waals surface area (Å²) in [6.45, 7) is 0. The molecule has 1 atom stereocenters. The van der Waals surface area contributed by atoms with Gasteiger partial charge in [-0.1, -0.05) is 38.1 Å². The van der Waals surface area contributed by atoms with Crippen LogP contribution in [-0.2, 0) is 0 Å². The molecule has 0 radical (unpaired) electrons. The zero-order valence-electron chi connectivity index (χ0n) is 9.40. The molecule has 0 bridgehead atoms. The Labute approximate surface area is 102 Å². The van der Waals surface area contributed by atoms with Crippen molar-refractivity contribution < 1.29 is 0 Å². The van der Waals surface area contributed by atoms with Crippen molar-refractivity contribution in [2.45, 2.75) is 62.8 Å². The highest BCUT2D eigenvalue weighted by atomic mass is 35.5. The molecule has 0 N–H and O–H groups in total. The Morgan fingerprint density at radius 3 is 2.00 bits per heavy atom. The summed E-state index contributed by atoms with van der Waals surface area (Å²) in [4.78, 5) is 0. The molecule has 1 unspecified atom stereocenters. The summed E-state index contributed by atoms with van der Waals surface area (Å²) >= 11 is 11.8. The molecular formula is C11H24Cl2Si. The van der Waals surface area contributed by atoms with Gasteiger partial charge in [-0.25, -0.2) is 0 Å². The summed E-state index contributed by atoms with van der Waals surface area (Å²) in [6, 6.07) is 1.35. The van der Waals surface area contributed by atoms with Crippen molar-refractivity contribution in [3.63, 3.8) is 0 Å². The molecular weight excluding hydrogens is 231 g/mol. The third-order valence-corrected chi connectivity index (χ3v) is 3.78. The van der Waals surface area contributed by atoms with Crippen LogP contribution in [0.5, 0.6) is 0 Å². The highest BCUT2D eigenvalue weighted by Gasteiger charge is 2.01. The molecule has 0 aliphatic rings. The Kier molecular flexibility index (Phi) is 12.5. The van der Waals surface area contributed by atoms with E-state index in [1.165, 1.54) is 67.7 Å². The van der Waals surface area contributed by atoms with Crippen molar-refractivity contribution in [3.8, 4) is 0 Å². The van der Waals surface area contributed by atoms with Crippen molar-refractivity contribution in [1.82, 2.24) is 0 Å². The van der Waals surface area contributed by atoms with Crippen LogP contribution in [-0.4, -0.2) is 21.5 Å². The maximum absolute atomic E-state index is 6.15. The molecule has 14 heavy (non-hydrogen) atoms. The van der Waals surface area contributed by atoms with Crippen LogP contribution in [0.4, 0.5) is 0 Å². The fourth-order valence-electron chi connectivity index (χ4n) is 1.62. The molecule has 0 aromatic carbocycles. The Morgan fingerprint density at radius 1 is 0.857 bits per heavy atom. The fraction of sp³-hybridized carbons (Fsp3) is 1.00. The van der Waals surface area contributed by atoms with Crippen molar-refractivity contribution in [2.24, 2.45) is 0 Å². The van der Waals surface area contributed by atoms with E-state index in [4.69, 9.17) is 23.2 Å². The van der Waals surface area contributed by atoms with E-state index in [1.807, 2.05) is 0 Å². The molecule has 0 heterocycles. The highest BCUT2D eigenvalue weighted by molar-refractivity contribution is 6.21. The SMILES string of the molecule is [SiH3]CCC(Cl)CCCCCCCCCl. The lowest BCUT2D eigenvalue weighted by Gasteiger charge is -2.06. The van der Waals surface area contributed by atoms with Gasteiger partial charge in [-0.3, -0.25) is 0 Å². The van der Waals surface area contributed by atoms with Gasteiger partial charge in [0, 0.05) is 21.5 Å². The first-order valence-corrected chi connectivity index (χ1v) is 8.39. The van der Waals surface area contributed by atoms with Gasteiger partial charge in [0.25, 0.3) is 0 Å². The second-order valence-corrected chi connectivity index (χ2v) is 5.98. The molecule has 0 aliphatic carbocycles. The van der Waals surface area contributed by atoms with Gasteiger partial charge >= 0.3 is 0 Å². The van der Waals surface area contributed by atoms with Gasteiger partial charge in [-0.05, 0) is 19.3 Å². The van der Waals surface area contributed by atoms with E-state index >= 15 is 0 Å². The summed E-state index contributed by atoms with van der Waals surface area (Å²) < 4.78 is 0. The molecule has 0 nitrogen and oxygen atoms in total. The van der Waals surface area contributed by atoms with Crippen molar-refractivity contribution >= 4 is 33.4 Å². The number of rotatable bonds is 10. The van der Waals surface area contributed by atoms with E-state index in [2.05, 4.69) is 0 Å².